The molecule has 2 unspecified atom stereocenters. The number of rotatable bonds is 3. The smallest absolute Gasteiger partial charge is 0.00723 e. The fourth-order valence-corrected chi connectivity index (χ4v) is 4.13. The molecule has 0 heterocycles. The van der Waals surface area contributed by atoms with Crippen molar-refractivity contribution in [2.75, 3.05) is 0 Å². The zero-order valence-corrected chi connectivity index (χ0v) is 11.5. The van der Waals surface area contributed by atoms with E-state index < -0.39 is 0 Å². The standard InChI is InChI=1S/C16H29N/c1-12-5-9-15(10-6-12)17-16-4-2-3-14(11-16)13-7-8-13/h12-17H,2-11H2,1H3. The van der Waals surface area contributed by atoms with Crippen molar-refractivity contribution in [1.29, 1.82) is 0 Å². The van der Waals surface area contributed by atoms with Crippen molar-refractivity contribution in [2.24, 2.45) is 17.8 Å². The highest BCUT2D eigenvalue weighted by molar-refractivity contribution is 4.89. The maximum absolute atomic E-state index is 3.99. The van der Waals surface area contributed by atoms with Gasteiger partial charge in [-0.15, -0.1) is 0 Å². The van der Waals surface area contributed by atoms with E-state index in [2.05, 4.69) is 12.2 Å². The predicted molar refractivity (Wildman–Crippen MR) is 73.0 cm³/mol. The third-order valence-electron chi connectivity index (χ3n) is 5.49. The lowest BCUT2D eigenvalue weighted by Gasteiger charge is -2.35. The number of hydrogen-bond acceptors (Lipinski definition) is 1. The lowest BCUT2D eigenvalue weighted by Crippen LogP contribution is -2.43. The van der Waals surface area contributed by atoms with E-state index >= 15 is 0 Å². The van der Waals surface area contributed by atoms with Crippen LogP contribution in [0.2, 0.25) is 0 Å². The minimum Gasteiger partial charge on any atom is -0.311 e. The molecule has 0 radical (unpaired) electrons. The van der Waals surface area contributed by atoms with Crippen molar-refractivity contribution < 1.29 is 0 Å². The second kappa shape index (κ2) is 5.30. The monoisotopic (exact) mass is 235 g/mol. The summed E-state index contributed by atoms with van der Waals surface area (Å²) in [5.74, 6) is 3.20. The van der Waals surface area contributed by atoms with Crippen molar-refractivity contribution in [3.8, 4) is 0 Å². The zero-order valence-electron chi connectivity index (χ0n) is 11.5. The summed E-state index contributed by atoms with van der Waals surface area (Å²) in [5, 5.41) is 3.99. The zero-order chi connectivity index (χ0) is 11.7. The Balaban J connectivity index is 1.44. The number of hydrogen-bond donors (Lipinski definition) is 1. The summed E-state index contributed by atoms with van der Waals surface area (Å²) in [6, 6.07) is 1.72. The maximum atomic E-state index is 3.99. The summed E-state index contributed by atoms with van der Waals surface area (Å²) in [7, 11) is 0. The van der Waals surface area contributed by atoms with Gasteiger partial charge in [-0.2, -0.15) is 0 Å². The summed E-state index contributed by atoms with van der Waals surface area (Å²) < 4.78 is 0. The maximum Gasteiger partial charge on any atom is 0.00723 e. The third-order valence-corrected chi connectivity index (χ3v) is 5.49. The summed E-state index contributed by atoms with van der Waals surface area (Å²) in [6.45, 7) is 2.42. The molecular formula is C16H29N. The Morgan fingerprint density at radius 2 is 1.47 bits per heavy atom. The molecule has 0 aromatic heterocycles. The molecule has 0 amide bonds. The minimum atomic E-state index is 0.856. The number of nitrogens with one attached hydrogen (secondary N) is 1. The SMILES string of the molecule is CC1CCC(NC2CCCC(C3CC3)C2)CC1. The fraction of sp³-hybridized carbons (Fsp3) is 1.00. The first-order chi connectivity index (χ1) is 8.31. The van der Waals surface area contributed by atoms with Gasteiger partial charge in [0, 0.05) is 12.1 Å². The van der Waals surface area contributed by atoms with Crippen LogP contribution in [-0.4, -0.2) is 12.1 Å². The van der Waals surface area contributed by atoms with Gasteiger partial charge in [-0.05, 0) is 69.1 Å². The van der Waals surface area contributed by atoms with Gasteiger partial charge in [0.1, 0.15) is 0 Å². The molecule has 1 nitrogen and oxygen atoms in total. The first-order valence-electron chi connectivity index (χ1n) is 8.07. The molecule has 1 N–H and O–H groups in total. The molecule has 17 heavy (non-hydrogen) atoms. The Labute approximate surface area is 107 Å². The molecule has 3 aliphatic carbocycles. The van der Waals surface area contributed by atoms with Gasteiger partial charge >= 0.3 is 0 Å². The normalized spacial score (nSPS) is 43.6. The van der Waals surface area contributed by atoms with E-state index in [-0.39, 0.29) is 0 Å². The third kappa shape index (κ3) is 3.24. The van der Waals surface area contributed by atoms with Crippen LogP contribution in [0.1, 0.15) is 71.1 Å². The van der Waals surface area contributed by atoms with Gasteiger partial charge in [-0.3, -0.25) is 0 Å². The molecule has 1 heteroatoms. The topological polar surface area (TPSA) is 12.0 Å². The van der Waals surface area contributed by atoms with Crippen molar-refractivity contribution in [3.63, 3.8) is 0 Å². The Morgan fingerprint density at radius 1 is 0.706 bits per heavy atom. The molecule has 3 rings (SSSR count). The van der Waals surface area contributed by atoms with Crippen molar-refractivity contribution in [3.05, 3.63) is 0 Å². The molecule has 0 aromatic carbocycles. The highest BCUT2D eigenvalue weighted by atomic mass is 15.0. The van der Waals surface area contributed by atoms with E-state index in [1.807, 2.05) is 0 Å². The second-order valence-corrected chi connectivity index (χ2v) is 7.08. The summed E-state index contributed by atoms with van der Waals surface area (Å²) in [6.07, 6.45) is 14.8. The van der Waals surface area contributed by atoms with Gasteiger partial charge in [0.25, 0.3) is 0 Å². The first kappa shape index (κ1) is 12.0. The van der Waals surface area contributed by atoms with Crippen molar-refractivity contribution in [2.45, 2.75) is 83.2 Å². The molecule has 3 aliphatic rings. The van der Waals surface area contributed by atoms with E-state index in [4.69, 9.17) is 0 Å². The quantitative estimate of drug-likeness (QED) is 0.776. The van der Waals surface area contributed by atoms with E-state index in [1.54, 1.807) is 12.8 Å². The van der Waals surface area contributed by atoms with Crippen LogP contribution in [0.25, 0.3) is 0 Å². The molecule has 0 saturated heterocycles. The molecule has 98 valence electrons. The van der Waals surface area contributed by atoms with Gasteiger partial charge in [0.2, 0.25) is 0 Å². The average Bonchev–Trinajstić information content (AvgIpc) is 3.17. The minimum absolute atomic E-state index is 0.856. The van der Waals surface area contributed by atoms with Crippen LogP contribution in [0, 0.1) is 17.8 Å². The van der Waals surface area contributed by atoms with Gasteiger partial charge < -0.3 is 5.32 Å². The molecule has 0 spiro atoms. The van der Waals surface area contributed by atoms with Gasteiger partial charge in [-0.1, -0.05) is 19.8 Å². The largest absolute Gasteiger partial charge is 0.311 e. The predicted octanol–water partition coefficient (Wildman–Crippen LogP) is 4.12. The van der Waals surface area contributed by atoms with Crippen LogP contribution in [0.3, 0.4) is 0 Å². The van der Waals surface area contributed by atoms with Crippen LogP contribution in [-0.2, 0) is 0 Å². The Morgan fingerprint density at radius 3 is 2.18 bits per heavy atom. The molecule has 0 bridgehead atoms. The molecule has 0 aromatic rings. The van der Waals surface area contributed by atoms with E-state index in [0.717, 1.165) is 29.8 Å². The molecule has 0 aliphatic heterocycles. The molecule has 3 saturated carbocycles. The summed E-state index contributed by atoms with van der Waals surface area (Å²) in [4.78, 5) is 0. The van der Waals surface area contributed by atoms with Gasteiger partial charge in [0.15, 0.2) is 0 Å². The molecule has 2 atom stereocenters. The molecule has 3 fully saturated rings. The average molecular weight is 235 g/mol. The van der Waals surface area contributed by atoms with Crippen LogP contribution >= 0.6 is 0 Å². The van der Waals surface area contributed by atoms with Crippen LogP contribution in [0.15, 0.2) is 0 Å². The first-order valence-corrected chi connectivity index (χ1v) is 8.07. The van der Waals surface area contributed by atoms with Gasteiger partial charge in [0.05, 0.1) is 0 Å². The van der Waals surface area contributed by atoms with Crippen molar-refractivity contribution >= 4 is 0 Å². The van der Waals surface area contributed by atoms with Gasteiger partial charge in [-0.25, -0.2) is 0 Å². The fourth-order valence-electron chi connectivity index (χ4n) is 4.13. The van der Waals surface area contributed by atoms with E-state index in [1.165, 1.54) is 51.4 Å². The Kier molecular flexibility index (Phi) is 3.75. The van der Waals surface area contributed by atoms with E-state index in [9.17, 15) is 0 Å². The second-order valence-electron chi connectivity index (χ2n) is 7.08. The van der Waals surface area contributed by atoms with Crippen LogP contribution in [0.5, 0.6) is 0 Å². The highest BCUT2D eigenvalue weighted by Gasteiger charge is 2.35. The summed E-state index contributed by atoms with van der Waals surface area (Å²) in [5.41, 5.74) is 0. The highest BCUT2D eigenvalue weighted by Crippen LogP contribution is 2.44. The van der Waals surface area contributed by atoms with Crippen LogP contribution in [0.4, 0.5) is 0 Å². The molecular weight excluding hydrogens is 206 g/mol. The summed E-state index contributed by atoms with van der Waals surface area (Å²) >= 11 is 0. The lowest BCUT2D eigenvalue weighted by atomic mass is 9.81. The Bertz CT molecular complexity index is 238. The Hall–Kier alpha value is -0.0400. The van der Waals surface area contributed by atoms with Crippen LogP contribution < -0.4 is 5.32 Å². The van der Waals surface area contributed by atoms with Crippen molar-refractivity contribution in [1.82, 2.24) is 5.32 Å². The van der Waals surface area contributed by atoms with E-state index in [0.29, 0.717) is 0 Å². The lowest BCUT2D eigenvalue weighted by molar-refractivity contribution is 0.217.